The monoisotopic (exact) mass is 282 g/mol. The van der Waals surface area contributed by atoms with E-state index in [1.165, 1.54) is 11.1 Å². The molecule has 1 saturated heterocycles. The molecule has 4 heteroatoms. The number of amides is 1. The topological polar surface area (TPSA) is 32.3 Å². The second-order valence-corrected chi connectivity index (χ2v) is 5.12. The first-order chi connectivity index (χ1) is 8.61. The lowest BCUT2D eigenvalue weighted by atomic mass is 10.1. The third-order valence-corrected chi connectivity index (χ3v) is 3.51. The van der Waals surface area contributed by atoms with Crippen molar-refractivity contribution in [3.8, 4) is 0 Å². The van der Waals surface area contributed by atoms with E-state index in [0.717, 1.165) is 31.7 Å². The van der Waals surface area contributed by atoms with E-state index in [9.17, 15) is 4.79 Å². The molecule has 0 bridgehead atoms. The molecule has 0 radical (unpaired) electrons. The summed E-state index contributed by atoms with van der Waals surface area (Å²) in [6, 6.07) is 6.33. The van der Waals surface area contributed by atoms with Gasteiger partial charge in [-0.05, 0) is 57.0 Å². The standard InChI is InChI=1S/C15H22N2O.ClH/c1-4-17(15(18)13-5-6-16-10-13)14-8-11(2)7-12(3)9-14;/h7-9,13,16H,4-6,10H2,1-3H3;1H. The summed E-state index contributed by atoms with van der Waals surface area (Å²) < 4.78 is 0. The number of nitrogens with one attached hydrogen (secondary N) is 1. The van der Waals surface area contributed by atoms with Crippen molar-refractivity contribution in [2.45, 2.75) is 27.2 Å². The van der Waals surface area contributed by atoms with E-state index in [0.29, 0.717) is 0 Å². The Morgan fingerprint density at radius 1 is 1.32 bits per heavy atom. The lowest BCUT2D eigenvalue weighted by molar-refractivity contribution is -0.121. The van der Waals surface area contributed by atoms with Gasteiger partial charge >= 0.3 is 0 Å². The van der Waals surface area contributed by atoms with Crippen LogP contribution >= 0.6 is 12.4 Å². The normalized spacial score (nSPS) is 17.9. The predicted octanol–water partition coefficient (Wildman–Crippen LogP) is 2.69. The molecule has 1 N–H and O–H groups in total. The molecule has 19 heavy (non-hydrogen) atoms. The fourth-order valence-corrected chi connectivity index (χ4v) is 2.66. The number of anilines is 1. The van der Waals surface area contributed by atoms with Crippen LogP contribution in [0.15, 0.2) is 18.2 Å². The molecule has 1 atom stereocenters. The van der Waals surface area contributed by atoms with Crippen LogP contribution < -0.4 is 10.2 Å². The van der Waals surface area contributed by atoms with E-state index in [-0.39, 0.29) is 24.2 Å². The summed E-state index contributed by atoms with van der Waals surface area (Å²) >= 11 is 0. The van der Waals surface area contributed by atoms with Crippen molar-refractivity contribution < 1.29 is 4.79 Å². The first kappa shape index (κ1) is 16.0. The highest BCUT2D eigenvalue weighted by Crippen LogP contribution is 2.22. The number of hydrogen-bond donors (Lipinski definition) is 1. The molecule has 1 unspecified atom stereocenters. The minimum Gasteiger partial charge on any atom is -0.316 e. The summed E-state index contributed by atoms with van der Waals surface area (Å²) in [5, 5.41) is 3.26. The average Bonchev–Trinajstić information content (AvgIpc) is 2.81. The Morgan fingerprint density at radius 3 is 2.42 bits per heavy atom. The molecule has 1 aliphatic rings. The Bertz CT molecular complexity index is 422. The third kappa shape index (κ3) is 3.71. The van der Waals surface area contributed by atoms with Gasteiger partial charge in [-0.3, -0.25) is 4.79 Å². The second kappa shape index (κ2) is 6.92. The van der Waals surface area contributed by atoms with E-state index in [4.69, 9.17) is 0 Å². The average molecular weight is 283 g/mol. The van der Waals surface area contributed by atoms with Crippen molar-refractivity contribution in [2.24, 2.45) is 5.92 Å². The molecule has 0 aromatic heterocycles. The van der Waals surface area contributed by atoms with Crippen LogP contribution in [0.5, 0.6) is 0 Å². The van der Waals surface area contributed by atoms with Crippen LogP contribution in [0.2, 0.25) is 0 Å². The van der Waals surface area contributed by atoms with Crippen molar-refractivity contribution in [2.75, 3.05) is 24.5 Å². The molecule has 1 aromatic rings. The quantitative estimate of drug-likeness (QED) is 0.924. The van der Waals surface area contributed by atoms with E-state index in [2.05, 4.69) is 37.4 Å². The Labute approximate surface area is 121 Å². The number of nitrogens with zero attached hydrogens (tertiary/aromatic N) is 1. The van der Waals surface area contributed by atoms with Crippen molar-refractivity contribution in [3.05, 3.63) is 29.3 Å². The van der Waals surface area contributed by atoms with Gasteiger partial charge in [-0.1, -0.05) is 6.07 Å². The lowest BCUT2D eigenvalue weighted by Gasteiger charge is -2.24. The van der Waals surface area contributed by atoms with Gasteiger partial charge in [0.1, 0.15) is 0 Å². The minimum absolute atomic E-state index is 0. The summed E-state index contributed by atoms with van der Waals surface area (Å²) in [6.07, 6.45) is 0.958. The number of carbonyl (C=O) groups excluding carboxylic acids is 1. The van der Waals surface area contributed by atoms with Crippen LogP contribution in [0, 0.1) is 19.8 Å². The summed E-state index contributed by atoms with van der Waals surface area (Å²) in [5.74, 6) is 0.401. The maximum atomic E-state index is 12.5. The van der Waals surface area contributed by atoms with Crippen LogP contribution in [0.1, 0.15) is 24.5 Å². The molecule has 0 aliphatic carbocycles. The predicted molar refractivity (Wildman–Crippen MR) is 82.2 cm³/mol. The maximum Gasteiger partial charge on any atom is 0.231 e. The zero-order valence-corrected chi connectivity index (χ0v) is 12.7. The number of halogens is 1. The number of rotatable bonds is 3. The Hall–Kier alpha value is -1.06. The van der Waals surface area contributed by atoms with Crippen molar-refractivity contribution >= 4 is 24.0 Å². The molecule has 1 amide bonds. The van der Waals surface area contributed by atoms with Gasteiger partial charge in [0.15, 0.2) is 0 Å². The van der Waals surface area contributed by atoms with Gasteiger partial charge in [0.25, 0.3) is 0 Å². The van der Waals surface area contributed by atoms with Gasteiger partial charge in [-0.2, -0.15) is 0 Å². The van der Waals surface area contributed by atoms with Gasteiger partial charge in [0, 0.05) is 18.8 Å². The molecular weight excluding hydrogens is 260 g/mol. The van der Waals surface area contributed by atoms with Crippen molar-refractivity contribution in [1.29, 1.82) is 0 Å². The highest BCUT2D eigenvalue weighted by molar-refractivity contribution is 5.95. The second-order valence-electron chi connectivity index (χ2n) is 5.12. The molecule has 1 fully saturated rings. The fraction of sp³-hybridized carbons (Fsp3) is 0.533. The molecule has 2 rings (SSSR count). The number of hydrogen-bond acceptors (Lipinski definition) is 2. The van der Waals surface area contributed by atoms with Crippen molar-refractivity contribution in [1.82, 2.24) is 5.32 Å². The highest BCUT2D eigenvalue weighted by Gasteiger charge is 2.27. The summed E-state index contributed by atoms with van der Waals surface area (Å²) in [6.45, 7) is 8.70. The first-order valence-electron chi connectivity index (χ1n) is 6.72. The van der Waals surface area contributed by atoms with Crippen molar-refractivity contribution in [3.63, 3.8) is 0 Å². The van der Waals surface area contributed by atoms with E-state index in [1.807, 2.05) is 11.8 Å². The first-order valence-corrected chi connectivity index (χ1v) is 6.72. The summed E-state index contributed by atoms with van der Waals surface area (Å²) in [5.41, 5.74) is 3.45. The highest BCUT2D eigenvalue weighted by atomic mass is 35.5. The van der Waals surface area contributed by atoms with Gasteiger partial charge < -0.3 is 10.2 Å². The SMILES string of the molecule is CCN(C(=O)C1CCNC1)c1cc(C)cc(C)c1.Cl. The lowest BCUT2D eigenvalue weighted by Crippen LogP contribution is -2.37. The van der Waals surface area contributed by atoms with Gasteiger partial charge in [0.05, 0.1) is 5.92 Å². The third-order valence-electron chi connectivity index (χ3n) is 3.51. The van der Waals surface area contributed by atoms with Crippen LogP contribution in [0.25, 0.3) is 0 Å². The van der Waals surface area contributed by atoms with Crippen LogP contribution in [0.4, 0.5) is 5.69 Å². The molecular formula is C15H23ClN2O. The molecule has 3 nitrogen and oxygen atoms in total. The summed E-state index contributed by atoms with van der Waals surface area (Å²) in [7, 11) is 0. The van der Waals surface area contributed by atoms with Crippen LogP contribution in [-0.4, -0.2) is 25.5 Å². The minimum atomic E-state index is 0. The zero-order chi connectivity index (χ0) is 13.1. The smallest absolute Gasteiger partial charge is 0.231 e. The van der Waals surface area contributed by atoms with Crippen LogP contribution in [0.3, 0.4) is 0 Å². The Balaban J connectivity index is 0.00000180. The maximum absolute atomic E-state index is 12.5. The molecule has 106 valence electrons. The summed E-state index contributed by atoms with van der Waals surface area (Å²) in [4.78, 5) is 14.4. The van der Waals surface area contributed by atoms with E-state index >= 15 is 0 Å². The van der Waals surface area contributed by atoms with Gasteiger partial charge in [0.2, 0.25) is 5.91 Å². The number of carbonyl (C=O) groups is 1. The molecule has 0 spiro atoms. The molecule has 1 aliphatic heterocycles. The van der Waals surface area contributed by atoms with E-state index in [1.54, 1.807) is 0 Å². The zero-order valence-electron chi connectivity index (χ0n) is 11.9. The van der Waals surface area contributed by atoms with Crippen LogP contribution in [-0.2, 0) is 4.79 Å². The fourth-order valence-electron chi connectivity index (χ4n) is 2.66. The molecule has 1 aromatic carbocycles. The van der Waals surface area contributed by atoms with Gasteiger partial charge in [-0.25, -0.2) is 0 Å². The van der Waals surface area contributed by atoms with Gasteiger partial charge in [-0.15, -0.1) is 12.4 Å². The number of aryl methyl sites for hydroxylation is 2. The van der Waals surface area contributed by atoms with E-state index < -0.39 is 0 Å². The molecule has 1 heterocycles. The largest absolute Gasteiger partial charge is 0.316 e. The molecule has 0 saturated carbocycles. The Morgan fingerprint density at radius 2 is 1.95 bits per heavy atom. The Kier molecular flexibility index (Phi) is 5.83. The number of benzene rings is 1.